The lowest BCUT2D eigenvalue weighted by molar-refractivity contribution is -0.384. The largest absolute Gasteiger partial charge is 0.494 e. The number of allylic oxidation sites excluding steroid dienone is 1. The molecule has 0 amide bonds. The normalized spacial score (nSPS) is 14.8. The van der Waals surface area contributed by atoms with Crippen LogP contribution in [0.4, 0.5) is 11.6 Å². The van der Waals surface area contributed by atoms with E-state index in [1.807, 2.05) is 6.92 Å². The van der Waals surface area contributed by atoms with Gasteiger partial charge in [0.2, 0.25) is 5.95 Å². The Morgan fingerprint density at radius 3 is 2.45 bits per heavy atom. The van der Waals surface area contributed by atoms with Crippen molar-refractivity contribution in [2.75, 3.05) is 19.0 Å². The van der Waals surface area contributed by atoms with E-state index in [1.54, 1.807) is 24.3 Å². The minimum atomic E-state index is -0.940. The van der Waals surface area contributed by atoms with Gasteiger partial charge in [0.15, 0.2) is 5.78 Å². The van der Waals surface area contributed by atoms with Gasteiger partial charge in [0.1, 0.15) is 17.5 Å². The summed E-state index contributed by atoms with van der Waals surface area (Å²) in [7, 11) is 1.19. The molecule has 0 spiro atoms. The first-order chi connectivity index (χ1) is 15.9. The molecule has 0 bridgehead atoms. The summed E-state index contributed by atoms with van der Waals surface area (Å²) in [5.74, 6) is -0.560. The monoisotopic (exact) mass is 450 g/mol. The highest BCUT2D eigenvalue weighted by molar-refractivity contribution is 6.15. The third-order valence-electron chi connectivity index (χ3n) is 5.00. The van der Waals surface area contributed by atoms with Crippen LogP contribution in [-0.4, -0.2) is 50.6 Å². The zero-order chi connectivity index (χ0) is 23.5. The molecule has 1 N–H and O–H groups in total. The summed E-state index contributed by atoms with van der Waals surface area (Å²) in [5.41, 5.74) is 0.536. The number of rotatable bonds is 7. The molecule has 0 radical (unpaired) electrons. The lowest BCUT2D eigenvalue weighted by Crippen LogP contribution is -2.32. The molecule has 1 atom stereocenters. The molecule has 0 saturated carbocycles. The number of methoxy groups -OCH3 is 1. The van der Waals surface area contributed by atoms with E-state index in [1.165, 1.54) is 36.1 Å². The van der Waals surface area contributed by atoms with Crippen molar-refractivity contribution < 1.29 is 24.0 Å². The molecule has 0 fully saturated rings. The summed E-state index contributed by atoms with van der Waals surface area (Å²) in [5, 5.41) is 25.3. The summed E-state index contributed by atoms with van der Waals surface area (Å²) in [6, 6.07) is 11.1. The van der Waals surface area contributed by atoms with Crippen molar-refractivity contribution in [3.05, 3.63) is 81.0 Å². The quantitative estimate of drug-likeness (QED) is 0.246. The fraction of sp³-hybridized carbons (Fsp3) is 0.190. The molecule has 168 valence electrons. The average Bonchev–Trinajstić information content (AvgIpc) is 3.31. The lowest BCUT2D eigenvalue weighted by atomic mass is 9.89. The molecule has 2 aromatic carbocycles. The number of benzene rings is 2. The van der Waals surface area contributed by atoms with Crippen molar-refractivity contribution in [3.63, 3.8) is 0 Å². The number of fused-ring (bicyclic) bond motifs is 1. The van der Waals surface area contributed by atoms with E-state index >= 15 is 0 Å². The van der Waals surface area contributed by atoms with Crippen LogP contribution in [0.5, 0.6) is 5.75 Å². The molecule has 12 heteroatoms. The topological polar surface area (TPSA) is 151 Å². The number of ether oxygens (including phenoxy) is 2. The van der Waals surface area contributed by atoms with Gasteiger partial charge in [-0.3, -0.25) is 14.9 Å². The molecule has 4 rings (SSSR count). The second kappa shape index (κ2) is 8.86. The standard InChI is InChI=1S/C21H18N6O6/c1-3-33-15-10-6-13(7-11-15)19(28)16-17(20(29)32-2)22-21-23-24-25-26(21)18(16)12-4-8-14(9-5-12)27(30)31/h4-11,18H,3H2,1-2H3,(H,22,23,25)/t18-/m1/s1. The third-order valence-corrected chi connectivity index (χ3v) is 5.00. The average molecular weight is 450 g/mol. The lowest BCUT2D eigenvalue weighted by Gasteiger charge is -2.28. The van der Waals surface area contributed by atoms with Gasteiger partial charge in [0, 0.05) is 17.7 Å². The van der Waals surface area contributed by atoms with E-state index in [4.69, 9.17) is 9.47 Å². The van der Waals surface area contributed by atoms with Gasteiger partial charge >= 0.3 is 5.97 Å². The van der Waals surface area contributed by atoms with Gasteiger partial charge in [-0.05, 0) is 59.3 Å². The van der Waals surface area contributed by atoms with E-state index in [0.717, 1.165) is 0 Å². The van der Waals surface area contributed by atoms with Crippen molar-refractivity contribution in [1.82, 2.24) is 20.2 Å². The molecule has 1 aliphatic heterocycles. The van der Waals surface area contributed by atoms with E-state index < -0.39 is 22.7 Å². The molecule has 1 aromatic heterocycles. The fourth-order valence-electron chi connectivity index (χ4n) is 3.50. The Labute approximate surface area is 187 Å². The number of Topliss-reactive ketones (excluding diaryl/α,β-unsaturated/α-hetero) is 1. The predicted octanol–water partition coefficient (Wildman–Crippen LogP) is 2.30. The Morgan fingerprint density at radius 2 is 1.85 bits per heavy atom. The molecular formula is C21H18N6O6. The maximum Gasteiger partial charge on any atom is 0.355 e. The van der Waals surface area contributed by atoms with Crippen molar-refractivity contribution in [2.24, 2.45) is 0 Å². The number of nitro benzene ring substituents is 1. The number of tetrazole rings is 1. The minimum absolute atomic E-state index is 0.0275. The van der Waals surface area contributed by atoms with Crippen LogP contribution < -0.4 is 10.1 Å². The van der Waals surface area contributed by atoms with Crippen LogP contribution in [0.25, 0.3) is 0 Å². The van der Waals surface area contributed by atoms with Crippen LogP contribution in [0.2, 0.25) is 0 Å². The van der Waals surface area contributed by atoms with Crippen LogP contribution in [-0.2, 0) is 9.53 Å². The van der Waals surface area contributed by atoms with Crippen LogP contribution in [0.1, 0.15) is 28.9 Å². The summed E-state index contributed by atoms with van der Waals surface area (Å²) in [6.45, 7) is 2.32. The number of hydrogen-bond acceptors (Lipinski definition) is 10. The minimum Gasteiger partial charge on any atom is -0.494 e. The zero-order valence-electron chi connectivity index (χ0n) is 17.6. The van der Waals surface area contributed by atoms with Crippen molar-refractivity contribution in [3.8, 4) is 5.75 Å². The van der Waals surface area contributed by atoms with Gasteiger partial charge in [-0.1, -0.05) is 5.10 Å². The number of non-ortho nitro benzene ring substituents is 1. The number of esters is 1. The second-order valence-electron chi connectivity index (χ2n) is 6.89. The van der Waals surface area contributed by atoms with E-state index in [9.17, 15) is 19.7 Å². The molecule has 1 aliphatic rings. The molecule has 2 heterocycles. The SMILES string of the molecule is CCOc1ccc(C(=O)C2=C(C(=O)OC)Nc3nnnn3[C@@H]2c2ccc([N+](=O)[O-])cc2)cc1. The first kappa shape index (κ1) is 21.6. The molecule has 3 aromatic rings. The van der Waals surface area contributed by atoms with Crippen LogP contribution >= 0.6 is 0 Å². The highest BCUT2D eigenvalue weighted by atomic mass is 16.6. The van der Waals surface area contributed by atoms with Gasteiger partial charge in [0.25, 0.3) is 5.69 Å². The number of nitrogens with zero attached hydrogens (tertiary/aromatic N) is 5. The molecular weight excluding hydrogens is 432 g/mol. The third kappa shape index (κ3) is 4.01. The first-order valence-corrected chi connectivity index (χ1v) is 9.83. The van der Waals surface area contributed by atoms with Gasteiger partial charge in [-0.25, -0.2) is 4.79 Å². The first-order valence-electron chi connectivity index (χ1n) is 9.83. The Kier molecular flexibility index (Phi) is 5.81. The number of hydrogen-bond donors (Lipinski definition) is 1. The van der Waals surface area contributed by atoms with Crippen molar-refractivity contribution in [2.45, 2.75) is 13.0 Å². The Hall–Kier alpha value is -4.61. The van der Waals surface area contributed by atoms with E-state index in [0.29, 0.717) is 23.5 Å². The Balaban J connectivity index is 1.87. The van der Waals surface area contributed by atoms with Crippen LogP contribution in [0.3, 0.4) is 0 Å². The Bertz CT molecular complexity index is 1250. The number of carbonyl (C=O) groups excluding carboxylic acids is 2. The number of ketones is 1. The summed E-state index contributed by atoms with van der Waals surface area (Å²) in [4.78, 5) is 36.8. The smallest absolute Gasteiger partial charge is 0.355 e. The van der Waals surface area contributed by atoms with Gasteiger partial charge in [-0.2, -0.15) is 4.68 Å². The fourth-order valence-corrected chi connectivity index (χ4v) is 3.50. The van der Waals surface area contributed by atoms with Crippen LogP contribution in [0.15, 0.2) is 59.8 Å². The van der Waals surface area contributed by atoms with Gasteiger partial charge in [0.05, 0.1) is 24.2 Å². The van der Waals surface area contributed by atoms with Gasteiger partial charge < -0.3 is 14.8 Å². The van der Waals surface area contributed by atoms with Gasteiger partial charge in [-0.15, -0.1) is 0 Å². The van der Waals surface area contributed by atoms with Crippen molar-refractivity contribution in [1.29, 1.82) is 0 Å². The molecule has 33 heavy (non-hydrogen) atoms. The second-order valence-corrected chi connectivity index (χ2v) is 6.89. The summed E-state index contributed by atoms with van der Waals surface area (Å²) in [6.07, 6.45) is 0. The number of anilines is 1. The van der Waals surface area contributed by atoms with Crippen molar-refractivity contribution >= 4 is 23.4 Å². The predicted molar refractivity (Wildman–Crippen MR) is 114 cm³/mol. The van der Waals surface area contributed by atoms with E-state index in [-0.39, 0.29) is 22.9 Å². The summed E-state index contributed by atoms with van der Waals surface area (Å²) < 4.78 is 11.6. The number of nitro groups is 1. The van der Waals surface area contributed by atoms with E-state index in [2.05, 4.69) is 20.8 Å². The number of aromatic nitrogens is 4. The molecule has 0 aliphatic carbocycles. The maximum absolute atomic E-state index is 13.7. The summed E-state index contributed by atoms with van der Waals surface area (Å²) >= 11 is 0. The van der Waals surface area contributed by atoms with Crippen LogP contribution in [0, 0.1) is 10.1 Å². The maximum atomic E-state index is 13.7. The number of carbonyl (C=O) groups is 2. The molecule has 12 nitrogen and oxygen atoms in total. The highest BCUT2D eigenvalue weighted by Gasteiger charge is 2.38. The number of nitrogens with one attached hydrogen (secondary N) is 1. The Morgan fingerprint density at radius 1 is 1.15 bits per heavy atom. The zero-order valence-corrected chi connectivity index (χ0v) is 17.6. The highest BCUT2D eigenvalue weighted by Crippen LogP contribution is 2.37. The molecule has 0 saturated heterocycles. The molecule has 0 unspecified atom stereocenters.